The van der Waals surface area contributed by atoms with Crippen molar-refractivity contribution in [3.8, 4) is 0 Å². The third kappa shape index (κ3) is 3.82. The van der Waals surface area contributed by atoms with E-state index in [0.29, 0.717) is 12.2 Å². The molecule has 0 atom stereocenters. The number of nitrogens with zero attached hydrogens (tertiary/aromatic N) is 1. The van der Waals surface area contributed by atoms with Gasteiger partial charge in [0.2, 0.25) is 5.56 Å². The number of carbonyl (C=O) groups excluding carboxylic acids is 1. The second-order valence-electron chi connectivity index (χ2n) is 6.50. The fourth-order valence-electron chi connectivity index (χ4n) is 3.64. The average molecular weight is 319 g/mol. The fourth-order valence-corrected chi connectivity index (χ4v) is 3.64. The number of aromatic amines is 1. The molecular formula is C17H25N3O3. The molecule has 2 saturated heterocycles. The summed E-state index contributed by atoms with van der Waals surface area (Å²) in [6, 6.07) is 4.64. The van der Waals surface area contributed by atoms with Crippen molar-refractivity contribution in [1.29, 1.82) is 0 Å². The summed E-state index contributed by atoms with van der Waals surface area (Å²) in [6.45, 7) is 4.28. The van der Waals surface area contributed by atoms with E-state index >= 15 is 0 Å². The van der Waals surface area contributed by atoms with Gasteiger partial charge in [-0.05, 0) is 44.8 Å². The predicted molar refractivity (Wildman–Crippen MR) is 87.6 cm³/mol. The molecule has 1 aromatic rings. The summed E-state index contributed by atoms with van der Waals surface area (Å²) in [5.74, 6) is -0.217. The normalized spacial score (nSPS) is 21.7. The first-order chi connectivity index (χ1) is 11.2. The Balaban J connectivity index is 1.68. The van der Waals surface area contributed by atoms with Crippen LogP contribution in [0.1, 0.15) is 42.6 Å². The van der Waals surface area contributed by atoms with Crippen LogP contribution in [0.15, 0.2) is 23.0 Å². The number of H-pyrrole nitrogens is 1. The number of piperidine rings is 1. The van der Waals surface area contributed by atoms with Gasteiger partial charge in [-0.25, -0.2) is 0 Å². The summed E-state index contributed by atoms with van der Waals surface area (Å²) in [4.78, 5) is 28.8. The molecule has 0 radical (unpaired) electrons. The van der Waals surface area contributed by atoms with Crippen LogP contribution in [0.3, 0.4) is 0 Å². The minimum atomic E-state index is -0.255. The highest BCUT2D eigenvalue weighted by Crippen LogP contribution is 2.30. The number of pyridine rings is 1. The van der Waals surface area contributed by atoms with E-state index < -0.39 is 0 Å². The summed E-state index contributed by atoms with van der Waals surface area (Å²) in [5.41, 5.74) is 0.0523. The third-order valence-electron chi connectivity index (χ3n) is 5.04. The summed E-state index contributed by atoms with van der Waals surface area (Å²) >= 11 is 0. The van der Waals surface area contributed by atoms with E-state index in [4.69, 9.17) is 4.74 Å². The molecule has 3 heterocycles. The van der Waals surface area contributed by atoms with Crippen molar-refractivity contribution in [2.75, 3.05) is 32.8 Å². The highest BCUT2D eigenvalue weighted by Gasteiger charge is 2.39. The van der Waals surface area contributed by atoms with Gasteiger partial charge in [-0.1, -0.05) is 12.5 Å². The minimum absolute atomic E-state index is 0.0105. The zero-order valence-electron chi connectivity index (χ0n) is 13.5. The Kier molecular flexibility index (Phi) is 5.13. The molecule has 0 saturated carbocycles. The van der Waals surface area contributed by atoms with E-state index in [2.05, 4.69) is 15.2 Å². The molecule has 23 heavy (non-hydrogen) atoms. The van der Waals surface area contributed by atoms with Crippen molar-refractivity contribution in [2.24, 2.45) is 0 Å². The smallest absolute Gasteiger partial charge is 0.267 e. The summed E-state index contributed by atoms with van der Waals surface area (Å²) in [7, 11) is 0. The van der Waals surface area contributed by atoms with Crippen LogP contribution >= 0.6 is 0 Å². The first-order valence-electron chi connectivity index (χ1n) is 8.50. The SMILES string of the molecule is O=C(NCC1(N2CCCCC2)CCOCC1)c1cccc(=O)[nH]1. The van der Waals surface area contributed by atoms with Gasteiger partial charge in [-0.2, -0.15) is 0 Å². The number of hydrogen-bond donors (Lipinski definition) is 2. The van der Waals surface area contributed by atoms with Crippen molar-refractivity contribution in [3.63, 3.8) is 0 Å². The number of amides is 1. The van der Waals surface area contributed by atoms with Crippen molar-refractivity contribution >= 4 is 5.91 Å². The molecule has 3 rings (SSSR count). The fraction of sp³-hybridized carbons (Fsp3) is 0.647. The highest BCUT2D eigenvalue weighted by molar-refractivity contribution is 5.92. The maximum atomic E-state index is 12.3. The van der Waals surface area contributed by atoms with Crippen LogP contribution in [-0.2, 0) is 4.74 Å². The Bertz CT molecular complexity index is 587. The summed E-state index contributed by atoms with van der Waals surface area (Å²) in [5, 5.41) is 3.03. The quantitative estimate of drug-likeness (QED) is 0.873. The van der Waals surface area contributed by atoms with Gasteiger partial charge < -0.3 is 15.0 Å². The van der Waals surface area contributed by atoms with Crippen LogP contribution in [0.25, 0.3) is 0 Å². The molecular weight excluding hydrogens is 294 g/mol. The lowest BCUT2D eigenvalue weighted by atomic mass is 9.86. The van der Waals surface area contributed by atoms with Crippen molar-refractivity contribution in [3.05, 3.63) is 34.2 Å². The topological polar surface area (TPSA) is 74.4 Å². The number of aromatic nitrogens is 1. The van der Waals surface area contributed by atoms with Gasteiger partial charge in [0.25, 0.3) is 5.91 Å². The highest BCUT2D eigenvalue weighted by atomic mass is 16.5. The zero-order chi connectivity index (χ0) is 16.1. The third-order valence-corrected chi connectivity index (χ3v) is 5.04. The molecule has 0 aromatic carbocycles. The summed E-state index contributed by atoms with van der Waals surface area (Å²) < 4.78 is 5.54. The molecule has 1 aromatic heterocycles. The maximum Gasteiger partial charge on any atom is 0.267 e. The molecule has 0 bridgehead atoms. The molecule has 2 N–H and O–H groups in total. The van der Waals surface area contributed by atoms with Crippen LogP contribution in [-0.4, -0.2) is 54.2 Å². The standard InChI is InChI=1S/C17H25N3O3/c21-15-6-4-5-14(19-15)16(22)18-13-17(7-11-23-12-8-17)20-9-2-1-3-10-20/h4-6H,1-3,7-13H2,(H,18,22)(H,19,21). The molecule has 0 unspecified atom stereocenters. The lowest BCUT2D eigenvalue weighted by Gasteiger charge is -2.48. The van der Waals surface area contributed by atoms with Crippen molar-refractivity contribution in [2.45, 2.75) is 37.6 Å². The number of ether oxygens (including phenoxy) is 1. The van der Waals surface area contributed by atoms with Gasteiger partial charge in [-0.15, -0.1) is 0 Å². The van der Waals surface area contributed by atoms with Crippen LogP contribution in [0.5, 0.6) is 0 Å². The molecule has 2 fully saturated rings. The van der Waals surface area contributed by atoms with E-state index in [0.717, 1.165) is 39.1 Å². The first-order valence-corrected chi connectivity index (χ1v) is 8.50. The minimum Gasteiger partial charge on any atom is -0.381 e. The maximum absolute atomic E-state index is 12.3. The monoisotopic (exact) mass is 319 g/mol. The lowest BCUT2D eigenvalue weighted by molar-refractivity contribution is -0.0349. The van der Waals surface area contributed by atoms with Gasteiger partial charge in [-0.3, -0.25) is 14.5 Å². The van der Waals surface area contributed by atoms with Crippen LogP contribution < -0.4 is 10.9 Å². The molecule has 1 amide bonds. The van der Waals surface area contributed by atoms with Crippen LogP contribution in [0.2, 0.25) is 0 Å². The molecule has 2 aliphatic rings. The first kappa shape index (κ1) is 16.2. The largest absolute Gasteiger partial charge is 0.381 e. The number of likely N-dealkylation sites (tertiary alicyclic amines) is 1. The van der Waals surface area contributed by atoms with Gasteiger partial charge in [0.1, 0.15) is 5.69 Å². The molecule has 6 nitrogen and oxygen atoms in total. The Labute approximate surface area is 136 Å². The van der Waals surface area contributed by atoms with Gasteiger partial charge in [0, 0.05) is 31.4 Å². The lowest BCUT2D eigenvalue weighted by Crippen LogP contribution is -2.59. The molecule has 6 heteroatoms. The average Bonchev–Trinajstić information content (AvgIpc) is 2.61. The summed E-state index contributed by atoms with van der Waals surface area (Å²) in [6.07, 6.45) is 5.63. The molecule has 126 valence electrons. The second kappa shape index (κ2) is 7.27. The van der Waals surface area contributed by atoms with E-state index in [-0.39, 0.29) is 17.0 Å². The molecule has 2 aliphatic heterocycles. The Morgan fingerprint density at radius 3 is 2.65 bits per heavy atom. The van der Waals surface area contributed by atoms with Crippen LogP contribution in [0, 0.1) is 0 Å². The molecule has 0 spiro atoms. The van der Waals surface area contributed by atoms with Gasteiger partial charge >= 0.3 is 0 Å². The Hall–Kier alpha value is -1.66. The van der Waals surface area contributed by atoms with Crippen molar-refractivity contribution in [1.82, 2.24) is 15.2 Å². The predicted octanol–water partition coefficient (Wildman–Crippen LogP) is 1.14. The Morgan fingerprint density at radius 1 is 1.22 bits per heavy atom. The van der Waals surface area contributed by atoms with E-state index in [9.17, 15) is 9.59 Å². The van der Waals surface area contributed by atoms with Crippen molar-refractivity contribution < 1.29 is 9.53 Å². The van der Waals surface area contributed by atoms with E-state index in [1.54, 1.807) is 12.1 Å². The van der Waals surface area contributed by atoms with Gasteiger partial charge in [0.05, 0.1) is 0 Å². The van der Waals surface area contributed by atoms with E-state index in [1.807, 2.05) is 0 Å². The van der Waals surface area contributed by atoms with Crippen LogP contribution in [0.4, 0.5) is 0 Å². The Morgan fingerprint density at radius 2 is 1.96 bits per heavy atom. The molecule has 0 aliphatic carbocycles. The number of hydrogen-bond acceptors (Lipinski definition) is 4. The number of rotatable bonds is 4. The second-order valence-corrected chi connectivity index (χ2v) is 6.50. The number of nitrogens with one attached hydrogen (secondary N) is 2. The zero-order valence-corrected chi connectivity index (χ0v) is 13.5. The van der Waals surface area contributed by atoms with E-state index in [1.165, 1.54) is 25.3 Å². The number of carbonyl (C=O) groups is 1. The van der Waals surface area contributed by atoms with Gasteiger partial charge in [0.15, 0.2) is 0 Å².